The van der Waals surface area contributed by atoms with Crippen LogP contribution in [-0.4, -0.2) is 18.1 Å². The lowest BCUT2D eigenvalue weighted by molar-refractivity contribution is 0.327. The first-order chi connectivity index (χ1) is 11.4. The van der Waals surface area contributed by atoms with Gasteiger partial charge in [0.2, 0.25) is 0 Å². The molecule has 0 N–H and O–H groups in total. The smallest absolute Gasteiger partial charge is 0.128 e. The lowest BCUT2D eigenvalue weighted by Crippen LogP contribution is -2.33. The van der Waals surface area contributed by atoms with Crippen LogP contribution in [0.25, 0.3) is 0 Å². The summed E-state index contributed by atoms with van der Waals surface area (Å²) in [6.07, 6.45) is 3.22. The van der Waals surface area contributed by atoms with Crippen LogP contribution < -0.4 is 5.30 Å². The summed E-state index contributed by atoms with van der Waals surface area (Å²) < 4.78 is 35.4. The predicted molar refractivity (Wildman–Crippen MR) is 110 cm³/mol. The molecule has 0 aliphatic heterocycles. The second-order valence-electron chi connectivity index (χ2n) is 8.74. The molecule has 3 nitrogen and oxygen atoms in total. The molecule has 0 aromatic heterocycles. The highest BCUT2D eigenvalue weighted by molar-refractivity contribution is 7.86. The van der Waals surface area contributed by atoms with E-state index in [9.17, 15) is 13.0 Å². The monoisotopic (exact) mass is 386 g/mol. The molecule has 0 aliphatic rings. The molecule has 1 atom stereocenters. The number of rotatable bonds is 9. The molecule has 0 aliphatic carbocycles. The molecule has 0 fully saturated rings. The summed E-state index contributed by atoms with van der Waals surface area (Å²) in [5.41, 5.74) is 0.938. The second-order valence-corrected chi connectivity index (χ2v) is 12.2. The number of aryl methyl sites for hydroxylation is 1. The molecule has 0 spiro atoms. The van der Waals surface area contributed by atoms with Crippen molar-refractivity contribution >= 4 is 24.0 Å². The maximum atomic E-state index is 11.8. The Hall–Kier alpha value is -0.440. The fraction of sp³-hybridized carbons (Fsp3) is 0.700. The third kappa shape index (κ3) is 7.00. The van der Waals surface area contributed by atoms with Crippen molar-refractivity contribution in [1.29, 1.82) is 0 Å². The van der Waals surface area contributed by atoms with Crippen LogP contribution in [0.1, 0.15) is 66.4 Å². The lowest BCUT2D eigenvalue weighted by Gasteiger charge is -2.34. The molecular weight excluding hydrogens is 351 g/mol. The van der Waals surface area contributed by atoms with E-state index in [1.165, 1.54) is 6.07 Å². The zero-order valence-corrected chi connectivity index (χ0v) is 18.8. The van der Waals surface area contributed by atoms with Gasteiger partial charge in [-0.3, -0.25) is 0 Å². The molecule has 1 aromatic rings. The third-order valence-electron chi connectivity index (χ3n) is 4.45. The maximum absolute atomic E-state index is 11.8. The highest BCUT2D eigenvalue weighted by Crippen LogP contribution is 2.47. The van der Waals surface area contributed by atoms with Crippen LogP contribution >= 0.6 is 8.58 Å². The van der Waals surface area contributed by atoms with Crippen molar-refractivity contribution in [2.45, 2.75) is 77.8 Å². The van der Waals surface area contributed by atoms with Gasteiger partial charge in [-0.25, -0.2) is 8.42 Å². The largest absolute Gasteiger partial charge is 0.744 e. The molecule has 0 amide bonds. The summed E-state index contributed by atoms with van der Waals surface area (Å²) in [5, 5.41) is 0.904. The predicted octanol–water partition coefficient (Wildman–Crippen LogP) is 4.81. The molecule has 1 rings (SSSR count). The summed E-state index contributed by atoms with van der Waals surface area (Å²) >= 11 is 0. The fourth-order valence-corrected chi connectivity index (χ4v) is 8.46. The normalized spacial score (nSPS) is 13.7. The van der Waals surface area contributed by atoms with Gasteiger partial charge in [-0.05, 0) is 55.6 Å². The van der Waals surface area contributed by atoms with Crippen LogP contribution in [0.4, 0.5) is 0 Å². The van der Waals surface area contributed by atoms with Crippen LogP contribution in [0.5, 0.6) is 0 Å². The first-order valence-electron chi connectivity index (χ1n) is 9.27. The van der Waals surface area contributed by atoms with Crippen molar-refractivity contribution < 1.29 is 13.0 Å². The standard InChI is InChI=1S/C20H35O3PS/c1-14(2)11-20(12-15(3)4,13-16(5)6)24-19-17(7)9-8-10-18(19)25(21,22)23/h8-10,14-16,24H,11-13H2,1-7H3,(H,21,22,23). The van der Waals surface area contributed by atoms with Crippen molar-refractivity contribution in [3.8, 4) is 0 Å². The van der Waals surface area contributed by atoms with E-state index >= 15 is 0 Å². The van der Waals surface area contributed by atoms with Crippen LogP contribution in [0.3, 0.4) is 0 Å². The van der Waals surface area contributed by atoms with Crippen LogP contribution in [0, 0.1) is 24.7 Å². The van der Waals surface area contributed by atoms with Crippen molar-refractivity contribution in [2.24, 2.45) is 17.8 Å². The highest BCUT2D eigenvalue weighted by Gasteiger charge is 2.40. The summed E-state index contributed by atoms with van der Waals surface area (Å²) in [7, 11) is -4.75. The molecule has 5 heteroatoms. The van der Waals surface area contributed by atoms with Crippen molar-refractivity contribution in [2.75, 3.05) is 0 Å². The summed E-state index contributed by atoms with van der Waals surface area (Å²) in [4.78, 5) is 0.00291. The summed E-state index contributed by atoms with van der Waals surface area (Å²) in [5.74, 6) is 1.63. The van der Waals surface area contributed by atoms with Gasteiger partial charge < -0.3 is 4.55 Å². The number of hydrogen-bond donors (Lipinski definition) is 0. The van der Waals surface area contributed by atoms with Gasteiger partial charge in [-0.1, -0.05) is 53.7 Å². The summed E-state index contributed by atoms with van der Waals surface area (Å²) in [6, 6.07) is 5.10. The molecule has 144 valence electrons. The zero-order chi connectivity index (χ0) is 19.4. The number of hydrogen-bond acceptors (Lipinski definition) is 3. The first-order valence-corrected chi connectivity index (χ1v) is 11.8. The second kappa shape index (κ2) is 8.97. The zero-order valence-electron chi connectivity index (χ0n) is 16.8. The average molecular weight is 387 g/mol. The van der Waals surface area contributed by atoms with Gasteiger partial charge in [0.05, 0.1) is 10.1 Å². The van der Waals surface area contributed by atoms with Gasteiger partial charge in [-0.2, -0.15) is 0 Å². The molecule has 0 saturated carbocycles. The van der Waals surface area contributed by atoms with Crippen LogP contribution in [-0.2, 0) is 10.1 Å². The number of benzene rings is 1. The van der Waals surface area contributed by atoms with E-state index < -0.39 is 10.1 Å². The molecule has 0 heterocycles. The van der Waals surface area contributed by atoms with Crippen LogP contribution in [0.15, 0.2) is 23.1 Å². The van der Waals surface area contributed by atoms with Gasteiger partial charge >= 0.3 is 0 Å². The molecule has 0 bridgehead atoms. The Balaban J connectivity index is 3.47. The Kier molecular flexibility index (Phi) is 8.11. The Morgan fingerprint density at radius 1 is 0.960 bits per heavy atom. The Labute approximate surface area is 156 Å². The van der Waals surface area contributed by atoms with Gasteiger partial charge in [-0.15, -0.1) is 0 Å². The fourth-order valence-electron chi connectivity index (χ4n) is 4.23. The third-order valence-corrected chi connectivity index (χ3v) is 7.93. The Morgan fingerprint density at radius 3 is 1.76 bits per heavy atom. The molecule has 0 radical (unpaired) electrons. The molecule has 1 unspecified atom stereocenters. The van der Waals surface area contributed by atoms with Gasteiger partial charge in [0.15, 0.2) is 0 Å². The van der Waals surface area contributed by atoms with E-state index in [1.807, 2.05) is 13.0 Å². The maximum Gasteiger partial charge on any atom is 0.128 e. The Morgan fingerprint density at radius 2 is 1.40 bits per heavy atom. The van der Waals surface area contributed by atoms with E-state index in [2.05, 4.69) is 41.5 Å². The average Bonchev–Trinajstić information content (AvgIpc) is 2.36. The van der Waals surface area contributed by atoms with E-state index in [0.29, 0.717) is 17.8 Å². The minimum absolute atomic E-state index is 0.00291. The molecule has 25 heavy (non-hydrogen) atoms. The van der Waals surface area contributed by atoms with E-state index in [0.717, 1.165) is 30.1 Å². The van der Waals surface area contributed by atoms with Crippen molar-refractivity contribution in [3.05, 3.63) is 23.8 Å². The van der Waals surface area contributed by atoms with Crippen molar-refractivity contribution in [1.82, 2.24) is 0 Å². The SMILES string of the molecule is Cc1cccc(S(=O)(=O)[O-])c1[PH2+]C(CC(C)C)(CC(C)C)CC(C)C. The van der Waals surface area contributed by atoms with Crippen molar-refractivity contribution in [3.63, 3.8) is 0 Å². The molecule has 1 aromatic carbocycles. The highest BCUT2D eigenvalue weighted by atomic mass is 32.2. The quantitative estimate of drug-likeness (QED) is 0.452. The van der Waals surface area contributed by atoms with E-state index in [-0.39, 0.29) is 18.6 Å². The minimum Gasteiger partial charge on any atom is -0.744 e. The van der Waals surface area contributed by atoms with Gasteiger partial charge in [0.1, 0.15) is 15.4 Å². The molecular formula is C20H35O3PS. The summed E-state index contributed by atoms with van der Waals surface area (Å²) in [6.45, 7) is 15.3. The Bertz CT molecular complexity index is 637. The van der Waals surface area contributed by atoms with Gasteiger partial charge in [0.25, 0.3) is 0 Å². The molecule has 0 saturated heterocycles. The minimum atomic E-state index is -4.44. The first kappa shape index (κ1) is 22.6. The van der Waals surface area contributed by atoms with Crippen LogP contribution in [0.2, 0.25) is 0 Å². The van der Waals surface area contributed by atoms with E-state index in [4.69, 9.17) is 0 Å². The topological polar surface area (TPSA) is 57.2 Å². The van der Waals surface area contributed by atoms with Gasteiger partial charge in [0, 0.05) is 8.58 Å². The van der Waals surface area contributed by atoms with E-state index in [1.54, 1.807) is 6.07 Å². The lowest BCUT2D eigenvalue weighted by atomic mass is 9.82.